The van der Waals surface area contributed by atoms with Gasteiger partial charge in [-0.2, -0.15) is 5.10 Å². The summed E-state index contributed by atoms with van der Waals surface area (Å²) in [6.07, 6.45) is 7.98. The van der Waals surface area contributed by atoms with E-state index in [0.717, 1.165) is 108 Å². The van der Waals surface area contributed by atoms with Crippen molar-refractivity contribution >= 4 is 39.3 Å². The van der Waals surface area contributed by atoms with Crippen LogP contribution in [0.1, 0.15) is 74.8 Å². The standard InChI is InChI=1S/C42H39N5O.C5H7ClO/c1-40(20-21-40)37-27-30(19-24-44-37)38-35-28-34(46-26-23-41(39(46)48)22-25-43-29-41)17-18-36(35)47(45-38)42(31-11-5-2-6-12-31,32-13-7-3-8-14-32)33-15-9-4-10-16-33;1-5(2-3-5)4(6)7/h2-19,24,27-28,43H,20-23,25-26,29H2,1H3;2-3H2,1H3/t41-;/m0./s1. The van der Waals surface area contributed by atoms with Crippen molar-refractivity contribution in [3.8, 4) is 11.3 Å². The van der Waals surface area contributed by atoms with Gasteiger partial charge in [-0.15, -0.1) is 0 Å². The van der Waals surface area contributed by atoms with Crippen molar-refractivity contribution in [1.29, 1.82) is 0 Å². The first-order valence-electron chi connectivity index (χ1n) is 19.6. The summed E-state index contributed by atoms with van der Waals surface area (Å²) in [5.74, 6) is 0.237. The van der Waals surface area contributed by atoms with E-state index in [2.05, 4.69) is 138 Å². The largest absolute Gasteiger partial charge is 0.316 e. The monoisotopic (exact) mass is 747 g/mol. The average Bonchev–Trinajstić information content (AvgIpc) is 4.01. The second kappa shape index (κ2) is 13.6. The molecule has 2 saturated carbocycles. The zero-order chi connectivity index (χ0) is 37.8. The molecule has 1 spiro atoms. The molecule has 55 heavy (non-hydrogen) atoms. The van der Waals surface area contributed by atoms with E-state index in [1.165, 1.54) is 0 Å². The average molecular weight is 748 g/mol. The van der Waals surface area contributed by atoms with Gasteiger partial charge in [-0.25, -0.2) is 4.68 Å². The molecule has 0 unspecified atom stereocenters. The lowest BCUT2D eigenvalue weighted by Gasteiger charge is -2.37. The molecule has 1 atom stereocenters. The molecule has 4 heterocycles. The molecule has 4 aliphatic rings. The number of benzene rings is 4. The Balaban J connectivity index is 0.000000513. The van der Waals surface area contributed by atoms with Crippen molar-refractivity contribution in [2.45, 2.75) is 63.3 Å². The summed E-state index contributed by atoms with van der Waals surface area (Å²) in [5.41, 5.74) is 7.29. The van der Waals surface area contributed by atoms with Gasteiger partial charge in [0.25, 0.3) is 0 Å². The molecule has 2 aromatic heterocycles. The van der Waals surface area contributed by atoms with E-state index < -0.39 is 5.54 Å². The lowest BCUT2D eigenvalue weighted by molar-refractivity contribution is -0.124. The minimum atomic E-state index is -0.775. The van der Waals surface area contributed by atoms with Crippen molar-refractivity contribution in [2.24, 2.45) is 10.8 Å². The minimum absolute atomic E-state index is 0.118. The van der Waals surface area contributed by atoms with Crippen molar-refractivity contribution in [2.75, 3.05) is 24.5 Å². The molecule has 7 nitrogen and oxygen atoms in total. The van der Waals surface area contributed by atoms with Crippen LogP contribution in [-0.4, -0.2) is 45.5 Å². The van der Waals surface area contributed by atoms with E-state index in [0.29, 0.717) is 0 Å². The molecule has 1 N–H and O–H groups in total. The number of carbonyl (C=O) groups excluding carboxylic acids is 2. The number of aromatic nitrogens is 3. The molecule has 1 amide bonds. The fraction of sp³-hybridized carbons (Fsp3) is 0.319. The maximum Gasteiger partial charge on any atom is 0.234 e. The predicted molar refractivity (Wildman–Crippen MR) is 219 cm³/mol. The molecule has 2 aliphatic carbocycles. The van der Waals surface area contributed by atoms with Gasteiger partial charge in [-0.3, -0.25) is 14.6 Å². The van der Waals surface area contributed by atoms with Gasteiger partial charge in [0.05, 0.1) is 10.9 Å². The lowest BCUT2D eigenvalue weighted by Crippen LogP contribution is -2.38. The van der Waals surface area contributed by atoms with E-state index >= 15 is 0 Å². The van der Waals surface area contributed by atoms with E-state index in [1.54, 1.807) is 0 Å². The molecule has 2 aliphatic heterocycles. The maximum atomic E-state index is 14.0. The Bertz CT molecular complexity index is 2280. The quantitative estimate of drug-likeness (QED) is 0.124. The van der Waals surface area contributed by atoms with Gasteiger partial charge in [0.2, 0.25) is 11.1 Å². The highest BCUT2D eigenvalue weighted by molar-refractivity contribution is 6.65. The fourth-order valence-corrected chi connectivity index (χ4v) is 8.78. The molecule has 8 heteroatoms. The fourth-order valence-electron chi connectivity index (χ4n) is 8.59. The Morgan fingerprint density at radius 1 is 0.764 bits per heavy atom. The van der Waals surface area contributed by atoms with Gasteiger partial charge >= 0.3 is 0 Å². The molecule has 4 aromatic carbocycles. The molecule has 4 fully saturated rings. The van der Waals surface area contributed by atoms with E-state index in [1.807, 2.05) is 18.0 Å². The molecule has 2 saturated heterocycles. The highest BCUT2D eigenvalue weighted by Crippen LogP contribution is 2.49. The molecular weight excluding hydrogens is 702 g/mol. The second-order valence-electron chi connectivity index (χ2n) is 16.5. The van der Waals surface area contributed by atoms with Crippen LogP contribution in [0.5, 0.6) is 0 Å². The summed E-state index contributed by atoms with van der Waals surface area (Å²) in [6.45, 7) is 6.59. The van der Waals surface area contributed by atoms with Gasteiger partial charge in [-0.1, -0.05) is 105 Å². The van der Waals surface area contributed by atoms with Gasteiger partial charge in [0.1, 0.15) is 11.2 Å². The summed E-state index contributed by atoms with van der Waals surface area (Å²) >= 11 is 5.18. The van der Waals surface area contributed by atoms with Crippen molar-refractivity contribution in [1.82, 2.24) is 20.1 Å². The Labute approximate surface area is 327 Å². The van der Waals surface area contributed by atoms with Crippen LogP contribution in [0.2, 0.25) is 0 Å². The first-order chi connectivity index (χ1) is 26.7. The SMILES string of the molecule is CC1(C(=O)Cl)CC1.CC1(c2cc(-c3nn(C(c4ccccc4)(c4ccccc4)c4ccccc4)c4ccc(N5CC[C@]6(CCNC6)C5=O)cc34)ccn2)CC1. The summed E-state index contributed by atoms with van der Waals surface area (Å²) in [6, 6.07) is 42.9. The number of rotatable bonds is 8. The summed E-state index contributed by atoms with van der Waals surface area (Å²) in [7, 11) is 0. The van der Waals surface area contributed by atoms with Gasteiger partial charge in [0, 0.05) is 52.4 Å². The van der Waals surface area contributed by atoms with Crippen LogP contribution in [0.3, 0.4) is 0 Å². The van der Waals surface area contributed by atoms with Crippen LogP contribution in [0.25, 0.3) is 22.2 Å². The number of carbonyl (C=O) groups is 2. The third-order valence-electron chi connectivity index (χ3n) is 12.8. The number of halogens is 1. The maximum absolute atomic E-state index is 14.0. The van der Waals surface area contributed by atoms with Crippen molar-refractivity contribution < 1.29 is 9.59 Å². The first-order valence-corrected chi connectivity index (χ1v) is 19.9. The number of nitrogens with one attached hydrogen (secondary N) is 1. The highest BCUT2D eigenvalue weighted by atomic mass is 35.5. The Morgan fingerprint density at radius 2 is 1.38 bits per heavy atom. The van der Waals surface area contributed by atoms with Crippen molar-refractivity contribution in [3.05, 3.63) is 150 Å². The number of nitrogens with zero attached hydrogens (tertiary/aromatic N) is 4. The third kappa shape index (κ3) is 6.09. The predicted octanol–water partition coefficient (Wildman–Crippen LogP) is 9.26. The Kier molecular flexibility index (Phi) is 8.78. The minimum Gasteiger partial charge on any atom is -0.316 e. The Hall–Kier alpha value is -5.11. The van der Waals surface area contributed by atoms with Crippen LogP contribution in [0, 0.1) is 10.8 Å². The van der Waals surface area contributed by atoms with Gasteiger partial charge < -0.3 is 10.2 Å². The summed E-state index contributed by atoms with van der Waals surface area (Å²) in [5, 5.41) is 9.93. The number of pyridine rings is 1. The lowest BCUT2D eigenvalue weighted by atomic mass is 9.77. The van der Waals surface area contributed by atoms with E-state index in [-0.39, 0.29) is 27.4 Å². The number of anilines is 1. The van der Waals surface area contributed by atoms with E-state index in [4.69, 9.17) is 21.7 Å². The van der Waals surface area contributed by atoms with Crippen LogP contribution < -0.4 is 10.2 Å². The Morgan fingerprint density at radius 3 is 1.89 bits per heavy atom. The van der Waals surface area contributed by atoms with E-state index in [9.17, 15) is 9.59 Å². The van der Waals surface area contributed by atoms with Crippen LogP contribution in [0.4, 0.5) is 5.69 Å². The first kappa shape index (κ1) is 35.6. The second-order valence-corrected chi connectivity index (χ2v) is 16.9. The zero-order valence-electron chi connectivity index (χ0n) is 31.5. The normalized spacial score (nSPS) is 20.7. The number of hydrogen-bond acceptors (Lipinski definition) is 5. The smallest absolute Gasteiger partial charge is 0.234 e. The van der Waals surface area contributed by atoms with Crippen LogP contribution in [0.15, 0.2) is 128 Å². The highest BCUT2D eigenvalue weighted by Gasteiger charge is 2.49. The number of fused-ring (bicyclic) bond motifs is 1. The van der Waals surface area contributed by atoms with Crippen LogP contribution >= 0.6 is 11.6 Å². The summed E-state index contributed by atoms with van der Waals surface area (Å²) < 4.78 is 2.23. The third-order valence-corrected chi connectivity index (χ3v) is 13.2. The molecule has 0 bridgehead atoms. The molecule has 10 rings (SSSR count). The summed E-state index contributed by atoms with van der Waals surface area (Å²) in [4.78, 5) is 31.1. The topological polar surface area (TPSA) is 80.1 Å². The molecule has 278 valence electrons. The number of hydrogen-bond donors (Lipinski definition) is 1. The molecular formula is C47H46ClN5O2. The van der Waals surface area contributed by atoms with Gasteiger partial charge in [0.15, 0.2) is 0 Å². The van der Waals surface area contributed by atoms with Crippen molar-refractivity contribution in [3.63, 3.8) is 0 Å². The number of amides is 1. The van der Waals surface area contributed by atoms with Crippen LogP contribution in [-0.2, 0) is 20.5 Å². The zero-order valence-corrected chi connectivity index (χ0v) is 32.2. The molecule has 0 radical (unpaired) electrons. The van der Waals surface area contributed by atoms with Gasteiger partial charge in [-0.05, 0) is 104 Å². The molecule has 6 aromatic rings.